The summed E-state index contributed by atoms with van der Waals surface area (Å²) in [5.41, 5.74) is 7.64. The van der Waals surface area contributed by atoms with Gasteiger partial charge in [-0.25, -0.2) is 4.98 Å². The predicted octanol–water partition coefficient (Wildman–Crippen LogP) is 1.80. The summed E-state index contributed by atoms with van der Waals surface area (Å²) >= 11 is 0. The van der Waals surface area contributed by atoms with Crippen molar-refractivity contribution < 1.29 is 0 Å². The van der Waals surface area contributed by atoms with E-state index in [1.54, 1.807) is 0 Å². The highest BCUT2D eigenvalue weighted by molar-refractivity contribution is 5.45. The lowest BCUT2D eigenvalue weighted by Crippen LogP contribution is -2.42. The first-order chi connectivity index (χ1) is 8.22. The monoisotopic (exact) mass is 234 g/mol. The van der Waals surface area contributed by atoms with E-state index in [9.17, 15) is 0 Å². The summed E-state index contributed by atoms with van der Waals surface area (Å²) in [7, 11) is 0. The molecule has 2 N–H and O–H groups in total. The lowest BCUT2D eigenvalue weighted by Gasteiger charge is -2.39. The van der Waals surface area contributed by atoms with Crippen molar-refractivity contribution >= 4 is 5.82 Å². The number of nitrogens with zero attached hydrogens (tertiary/aromatic N) is 3. The molecule has 0 saturated heterocycles. The van der Waals surface area contributed by atoms with E-state index in [2.05, 4.69) is 14.9 Å². The summed E-state index contributed by atoms with van der Waals surface area (Å²) in [5, 5.41) is 0. The number of rotatable bonds is 5. The summed E-state index contributed by atoms with van der Waals surface area (Å²) in [6.07, 6.45) is 6.74. The van der Waals surface area contributed by atoms with Crippen molar-refractivity contribution in [2.45, 2.75) is 45.6 Å². The van der Waals surface area contributed by atoms with Gasteiger partial charge in [-0.3, -0.25) is 4.98 Å². The SMILES string of the molecule is Cc1cnc(C)c(N(CCCN)C2CCC2)n1. The van der Waals surface area contributed by atoms with E-state index >= 15 is 0 Å². The van der Waals surface area contributed by atoms with Gasteiger partial charge in [0.25, 0.3) is 0 Å². The number of aryl methyl sites for hydroxylation is 2. The van der Waals surface area contributed by atoms with Gasteiger partial charge in [-0.05, 0) is 46.1 Å². The van der Waals surface area contributed by atoms with Crippen molar-refractivity contribution in [3.8, 4) is 0 Å². The van der Waals surface area contributed by atoms with E-state index in [1.807, 2.05) is 20.0 Å². The third-order valence-corrected chi connectivity index (χ3v) is 3.44. The molecular weight excluding hydrogens is 212 g/mol. The second-order valence-corrected chi connectivity index (χ2v) is 4.84. The van der Waals surface area contributed by atoms with Gasteiger partial charge in [0.2, 0.25) is 0 Å². The van der Waals surface area contributed by atoms with E-state index < -0.39 is 0 Å². The maximum atomic E-state index is 5.62. The molecule has 1 heterocycles. The van der Waals surface area contributed by atoms with E-state index in [1.165, 1.54) is 19.3 Å². The molecule has 0 bridgehead atoms. The highest BCUT2D eigenvalue weighted by Crippen LogP contribution is 2.29. The molecule has 94 valence electrons. The van der Waals surface area contributed by atoms with Crippen LogP contribution in [0, 0.1) is 13.8 Å². The fourth-order valence-corrected chi connectivity index (χ4v) is 2.22. The summed E-state index contributed by atoms with van der Waals surface area (Å²) < 4.78 is 0. The Bertz CT molecular complexity index is 374. The third-order valence-electron chi connectivity index (χ3n) is 3.44. The lowest BCUT2D eigenvalue weighted by molar-refractivity contribution is 0.382. The summed E-state index contributed by atoms with van der Waals surface area (Å²) in [4.78, 5) is 11.5. The smallest absolute Gasteiger partial charge is 0.150 e. The van der Waals surface area contributed by atoms with Crippen molar-refractivity contribution in [1.29, 1.82) is 0 Å². The first kappa shape index (κ1) is 12.3. The molecule has 1 aromatic heterocycles. The molecule has 0 radical (unpaired) electrons. The van der Waals surface area contributed by atoms with Gasteiger partial charge in [0.1, 0.15) is 0 Å². The summed E-state index contributed by atoms with van der Waals surface area (Å²) in [6.45, 7) is 5.77. The molecule has 0 aromatic carbocycles. The van der Waals surface area contributed by atoms with Crippen LogP contribution in [0.3, 0.4) is 0 Å². The minimum atomic E-state index is 0.649. The standard InChI is InChI=1S/C13H22N4/c1-10-9-15-11(2)13(16-10)17(8-4-7-14)12-5-3-6-12/h9,12H,3-8,14H2,1-2H3. The molecular formula is C13H22N4. The highest BCUT2D eigenvalue weighted by atomic mass is 15.2. The van der Waals surface area contributed by atoms with E-state index in [0.29, 0.717) is 6.04 Å². The zero-order valence-corrected chi connectivity index (χ0v) is 10.8. The fourth-order valence-electron chi connectivity index (χ4n) is 2.22. The van der Waals surface area contributed by atoms with Crippen molar-refractivity contribution in [2.24, 2.45) is 5.73 Å². The van der Waals surface area contributed by atoms with Gasteiger partial charge in [-0.1, -0.05) is 0 Å². The first-order valence-corrected chi connectivity index (χ1v) is 6.49. The maximum absolute atomic E-state index is 5.62. The molecule has 4 heteroatoms. The van der Waals surface area contributed by atoms with Crippen LogP contribution in [0.1, 0.15) is 37.1 Å². The average Bonchev–Trinajstić information content (AvgIpc) is 2.25. The Morgan fingerprint density at radius 1 is 1.41 bits per heavy atom. The molecule has 0 unspecified atom stereocenters. The Morgan fingerprint density at radius 3 is 2.76 bits per heavy atom. The van der Waals surface area contributed by atoms with Crippen molar-refractivity contribution in [2.75, 3.05) is 18.0 Å². The largest absolute Gasteiger partial charge is 0.352 e. The van der Waals surface area contributed by atoms with Gasteiger partial charge >= 0.3 is 0 Å². The Kier molecular flexibility index (Phi) is 3.94. The van der Waals surface area contributed by atoms with Crippen LogP contribution >= 0.6 is 0 Å². The number of aromatic nitrogens is 2. The van der Waals surface area contributed by atoms with Crippen LogP contribution in [0.15, 0.2) is 6.20 Å². The van der Waals surface area contributed by atoms with Crippen molar-refractivity contribution in [3.63, 3.8) is 0 Å². The van der Waals surface area contributed by atoms with Crippen molar-refractivity contribution in [1.82, 2.24) is 9.97 Å². The van der Waals surface area contributed by atoms with Gasteiger partial charge in [-0.2, -0.15) is 0 Å². The van der Waals surface area contributed by atoms with Gasteiger partial charge < -0.3 is 10.6 Å². The molecule has 0 aliphatic heterocycles. The van der Waals surface area contributed by atoms with Gasteiger partial charge in [0.15, 0.2) is 5.82 Å². The molecule has 1 aliphatic rings. The molecule has 0 atom stereocenters. The van der Waals surface area contributed by atoms with Crippen LogP contribution in [0.4, 0.5) is 5.82 Å². The lowest BCUT2D eigenvalue weighted by atomic mass is 9.91. The Morgan fingerprint density at radius 2 is 2.18 bits per heavy atom. The Balaban J connectivity index is 2.20. The van der Waals surface area contributed by atoms with E-state index in [4.69, 9.17) is 5.73 Å². The third kappa shape index (κ3) is 2.75. The Labute approximate surface area is 103 Å². The van der Waals surface area contributed by atoms with Crippen molar-refractivity contribution in [3.05, 3.63) is 17.6 Å². The quantitative estimate of drug-likeness (QED) is 0.844. The second kappa shape index (κ2) is 5.45. The summed E-state index contributed by atoms with van der Waals surface area (Å²) in [6, 6.07) is 0.649. The molecule has 1 saturated carbocycles. The zero-order chi connectivity index (χ0) is 12.3. The molecule has 4 nitrogen and oxygen atoms in total. The first-order valence-electron chi connectivity index (χ1n) is 6.49. The topological polar surface area (TPSA) is 55.0 Å². The second-order valence-electron chi connectivity index (χ2n) is 4.84. The van der Waals surface area contributed by atoms with Crippen LogP contribution < -0.4 is 10.6 Å². The molecule has 1 aromatic rings. The fraction of sp³-hybridized carbons (Fsp3) is 0.692. The molecule has 0 amide bonds. The van der Waals surface area contributed by atoms with E-state index in [-0.39, 0.29) is 0 Å². The predicted molar refractivity (Wildman–Crippen MR) is 70.2 cm³/mol. The minimum absolute atomic E-state index is 0.649. The van der Waals surface area contributed by atoms with Crippen LogP contribution in [0.2, 0.25) is 0 Å². The van der Waals surface area contributed by atoms with Crippen LogP contribution in [-0.2, 0) is 0 Å². The zero-order valence-electron chi connectivity index (χ0n) is 10.8. The number of nitrogens with two attached hydrogens (primary N) is 1. The van der Waals surface area contributed by atoms with Gasteiger partial charge in [0, 0.05) is 18.8 Å². The molecule has 0 spiro atoms. The molecule has 17 heavy (non-hydrogen) atoms. The number of hydrogen-bond acceptors (Lipinski definition) is 4. The average molecular weight is 234 g/mol. The summed E-state index contributed by atoms with van der Waals surface area (Å²) in [5.74, 6) is 1.06. The maximum Gasteiger partial charge on any atom is 0.150 e. The molecule has 2 rings (SSSR count). The van der Waals surface area contributed by atoms with Gasteiger partial charge in [0.05, 0.1) is 11.4 Å². The highest BCUT2D eigenvalue weighted by Gasteiger charge is 2.26. The minimum Gasteiger partial charge on any atom is -0.352 e. The van der Waals surface area contributed by atoms with E-state index in [0.717, 1.165) is 36.7 Å². The van der Waals surface area contributed by atoms with Crippen LogP contribution in [-0.4, -0.2) is 29.1 Å². The Hall–Kier alpha value is -1.16. The molecule has 1 aliphatic carbocycles. The molecule has 1 fully saturated rings. The van der Waals surface area contributed by atoms with Crippen LogP contribution in [0.5, 0.6) is 0 Å². The van der Waals surface area contributed by atoms with Gasteiger partial charge in [-0.15, -0.1) is 0 Å². The number of anilines is 1. The number of hydrogen-bond donors (Lipinski definition) is 1. The van der Waals surface area contributed by atoms with Crippen LogP contribution in [0.25, 0.3) is 0 Å². The normalized spacial score (nSPS) is 15.7.